The second kappa shape index (κ2) is 6.23. The summed E-state index contributed by atoms with van der Waals surface area (Å²) in [6.45, 7) is 4.22. The Kier molecular flexibility index (Phi) is 4.42. The topological polar surface area (TPSA) is 68.2 Å². The van der Waals surface area contributed by atoms with Crippen molar-refractivity contribution in [2.45, 2.75) is 25.3 Å². The maximum atomic E-state index is 12.6. The lowest BCUT2D eigenvalue weighted by atomic mass is 10.2. The third-order valence-electron chi connectivity index (χ3n) is 3.71. The number of fused-ring (bicyclic) bond motifs is 1. The number of aryl methyl sites for hydroxylation is 2. The van der Waals surface area contributed by atoms with E-state index < -0.39 is 10.0 Å². The van der Waals surface area contributed by atoms with Gasteiger partial charge in [0.05, 0.1) is 20.8 Å². The van der Waals surface area contributed by atoms with Gasteiger partial charge in [-0.3, -0.25) is 14.1 Å². The Morgan fingerprint density at radius 2 is 1.96 bits per heavy atom. The van der Waals surface area contributed by atoms with Crippen LogP contribution in [0.5, 0.6) is 0 Å². The maximum absolute atomic E-state index is 12.6. The molecule has 0 unspecified atom stereocenters. The predicted octanol–water partition coefficient (Wildman–Crippen LogP) is 3.85. The van der Waals surface area contributed by atoms with E-state index in [0.717, 1.165) is 22.4 Å². The highest BCUT2D eigenvalue weighted by molar-refractivity contribution is 7.92. The zero-order valence-electron chi connectivity index (χ0n) is 13.0. The number of rotatable bonds is 4. The second-order valence-electron chi connectivity index (χ2n) is 5.31. The Morgan fingerprint density at radius 3 is 2.67 bits per heavy atom. The van der Waals surface area contributed by atoms with Gasteiger partial charge in [0, 0.05) is 11.6 Å². The molecule has 0 fully saturated rings. The molecular weight excluding hydrogens is 368 g/mol. The summed E-state index contributed by atoms with van der Waals surface area (Å²) in [7, 11) is -3.77. The van der Waals surface area contributed by atoms with Crippen molar-refractivity contribution in [2.75, 3.05) is 4.72 Å². The monoisotopic (exact) mass is 382 g/mol. The smallest absolute Gasteiger partial charge is 0.299 e. The molecular formula is C16H15ClN2O3S2. The van der Waals surface area contributed by atoms with Crippen molar-refractivity contribution in [1.29, 1.82) is 0 Å². The van der Waals surface area contributed by atoms with E-state index in [2.05, 4.69) is 4.72 Å². The van der Waals surface area contributed by atoms with Crippen LogP contribution in [0.15, 0.2) is 46.1 Å². The molecule has 0 saturated heterocycles. The minimum absolute atomic E-state index is 0.0966. The van der Waals surface area contributed by atoms with Crippen molar-refractivity contribution in [2.24, 2.45) is 0 Å². The lowest BCUT2D eigenvalue weighted by Gasteiger charge is -2.11. The minimum atomic E-state index is -3.77. The maximum Gasteiger partial charge on any atom is 0.308 e. The molecule has 0 amide bonds. The average Bonchev–Trinajstić information content (AvgIpc) is 2.84. The van der Waals surface area contributed by atoms with Crippen molar-refractivity contribution in [3.63, 3.8) is 0 Å². The van der Waals surface area contributed by atoms with Crippen LogP contribution in [0.4, 0.5) is 5.69 Å². The number of anilines is 1. The summed E-state index contributed by atoms with van der Waals surface area (Å²) < 4.78 is 30.1. The van der Waals surface area contributed by atoms with Gasteiger partial charge in [0.25, 0.3) is 10.0 Å². The summed E-state index contributed by atoms with van der Waals surface area (Å²) in [5, 5.41) is 0.451. The van der Waals surface area contributed by atoms with Gasteiger partial charge in [-0.25, -0.2) is 8.42 Å². The van der Waals surface area contributed by atoms with E-state index in [1.54, 1.807) is 35.8 Å². The molecule has 1 N–H and O–H groups in total. The van der Waals surface area contributed by atoms with Crippen LogP contribution in [0, 0.1) is 6.92 Å². The zero-order valence-corrected chi connectivity index (χ0v) is 15.4. The van der Waals surface area contributed by atoms with E-state index in [0.29, 0.717) is 22.0 Å². The Labute approximate surface area is 148 Å². The van der Waals surface area contributed by atoms with Crippen molar-refractivity contribution < 1.29 is 8.42 Å². The zero-order chi connectivity index (χ0) is 17.5. The number of nitrogens with zero attached hydrogens (tertiary/aromatic N) is 1. The molecule has 0 bridgehead atoms. The first kappa shape index (κ1) is 17.0. The molecule has 8 heteroatoms. The molecule has 126 valence electrons. The van der Waals surface area contributed by atoms with Gasteiger partial charge < -0.3 is 0 Å². The largest absolute Gasteiger partial charge is 0.308 e. The van der Waals surface area contributed by atoms with E-state index in [1.165, 1.54) is 12.1 Å². The number of hydrogen-bond donors (Lipinski definition) is 1. The van der Waals surface area contributed by atoms with Gasteiger partial charge in [0.15, 0.2) is 0 Å². The number of benzene rings is 2. The van der Waals surface area contributed by atoms with Gasteiger partial charge in [-0.15, -0.1) is 0 Å². The first-order valence-corrected chi connectivity index (χ1v) is 9.92. The summed E-state index contributed by atoms with van der Waals surface area (Å²) in [6.07, 6.45) is 0. The van der Waals surface area contributed by atoms with Gasteiger partial charge in [0.2, 0.25) is 0 Å². The predicted molar refractivity (Wildman–Crippen MR) is 98.8 cm³/mol. The standard InChI is InChI=1S/C16H15ClN2O3S2/c1-3-19-14-7-6-12(9-15(14)23-16(19)20)24(21,22)18-13-8-11(17)5-4-10(13)2/h4-9,18H,3H2,1-2H3. The number of sulfonamides is 1. The van der Waals surface area contributed by atoms with Crippen molar-refractivity contribution in [3.8, 4) is 0 Å². The molecule has 1 heterocycles. The van der Waals surface area contributed by atoms with Crippen LogP contribution in [-0.2, 0) is 16.6 Å². The molecule has 0 aliphatic heterocycles. The van der Waals surface area contributed by atoms with Crippen LogP contribution < -0.4 is 9.60 Å². The molecule has 3 aromatic rings. The summed E-state index contributed by atoms with van der Waals surface area (Å²) in [5.41, 5.74) is 1.94. The highest BCUT2D eigenvalue weighted by atomic mass is 35.5. The van der Waals surface area contributed by atoms with Crippen LogP contribution in [0.25, 0.3) is 10.2 Å². The number of halogens is 1. The van der Waals surface area contributed by atoms with Crippen LogP contribution in [0.2, 0.25) is 5.02 Å². The lowest BCUT2D eigenvalue weighted by Crippen LogP contribution is -2.14. The van der Waals surface area contributed by atoms with Gasteiger partial charge in [-0.2, -0.15) is 0 Å². The molecule has 0 spiro atoms. The minimum Gasteiger partial charge on any atom is -0.299 e. The van der Waals surface area contributed by atoms with E-state index in [-0.39, 0.29) is 9.77 Å². The third-order valence-corrected chi connectivity index (χ3v) is 6.25. The van der Waals surface area contributed by atoms with Gasteiger partial charge in [-0.05, 0) is 49.7 Å². The first-order valence-electron chi connectivity index (χ1n) is 7.24. The Bertz CT molecular complexity index is 1080. The molecule has 0 aliphatic rings. The third kappa shape index (κ3) is 3.07. The van der Waals surface area contributed by atoms with Crippen molar-refractivity contribution in [1.82, 2.24) is 4.57 Å². The number of aromatic nitrogens is 1. The molecule has 0 aliphatic carbocycles. The summed E-state index contributed by atoms with van der Waals surface area (Å²) in [6, 6.07) is 9.70. The normalized spacial score (nSPS) is 11.8. The van der Waals surface area contributed by atoms with Gasteiger partial charge >= 0.3 is 4.87 Å². The van der Waals surface area contributed by atoms with Crippen LogP contribution in [0.3, 0.4) is 0 Å². The molecule has 5 nitrogen and oxygen atoms in total. The van der Waals surface area contributed by atoms with Crippen molar-refractivity contribution >= 4 is 48.9 Å². The average molecular weight is 383 g/mol. The Hall–Kier alpha value is -1.83. The number of thiazole rings is 1. The van der Waals surface area contributed by atoms with E-state index in [1.807, 2.05) is 6.92 Å². The van der Waals surface area contributed by atoms with Crippen LogP contribution in [-0.4, -0.2) is 13.0 Å². The molecule has 0 saturated carbocycles. The molecule has 3 rings (SSSR count). The summed E-state index contributed by atoms with van der Waals surface area (Å²) in [5.74, 6) is 0. The fourth-order valence-corrected chi connectivity index (χ4v) is 4.81. The number of nitrogens with one attached hydrogen (secondary N) is 1. The number of hydrogen-bond acceptors (Lipinski definition) is 4. The van der Waals surface area contributed by atoms with E-state index in [4.69, 9.17) is 11.6 Å². The van der Waals surface area contributed by atoms with Gasteiger partial charge in [-0.1, -0.05) is 29.0 Å². The molecule has 0 atom stereocenters. The highest BCUT2D eigenvalue weighted by Crippen LogP contribution is 2.26. The van der Waals surface area contributed by atoms with E-state index >= 15 is 0 Å². The van der Waals surface area contributed by atoms with Gasteiger partial charge in [0.1, 0.15) is 0 Å². The van der Waals surface area contributed by atoms with E-state index in [9.17, 15) is 13.2 Å². The second-order valence-corrected chi connectivity index (χ2v) is 8.42. The lowest BCUT2D eigenvalue weighted by molar-refractivity contribution is 0.601. The quantitative estimate of drug-likeness (QED) is 0.745. The van der Waals surface area contributed by atoms with Crippen LogP contribution in [0.1, 0.15) is 12.5 Å². The first-order chi connectivity index (χ1) is 11.3. The molecule has 1 aromatic heterocycles. The van der Waals surface area contributed by atoms with Crippen molar-refractivity contribution in [3.05, 3.63) is 56.7 Å². The molecule has 2 aromatic carbocycles. The Morgan fingerprint density at radius 1 is 1.21 bits per heavy atom. The Balaban J connectivity index is 2.05. The fraction of sp³-hybridized carbons (Fsp3) is 0.188. The molecule has 24 heavy (non-hydrogen) atoms. The SMILES string of the molecule is CCn1c(=O)sc2cc(S(=O)(=O)Nc3cc(Cl)ccc3C)ccc21. The summed E-state index contributed by atoms with van der Waals surface area (Å²) >= 11 is 6.97. The fourth-order valence-electron chi connectivity index (χ4n) is 2.42. The van der Waals surface area contributed by atoms with Crippen LogP contribution >= 0.6 is 22.9 Å². The summed E-state index contributed by atoms with van der Waals surface area (Å²) in [4.78, 5) is 11.9. The highest BCUT2D eigenvalue weighted by Gasteiger charge is 2.17. The molecule has 0 radical (unpaired) electrons.